The molecule has 1 fully saturated rings. The summed E-state index contributed by atoms with van der Waals surface area (Å²) in [6.45, 7) is 0.999. The number of hydrogen-bond donors (Lipinski definition) is 0. The predicted octanol–water partition coefficient (Wildman–Crippen LogP) is 0.729. The summed E-state index contributed by atoms with van der Waals surface area (Å²) >= 11 is 0. The van der Waals surface area contributed by atoms with Crippen LogP contribution in [0.4, 0.5) is 0 Å². The molecule has 14 heavy (non-hydrogen) atoms. The van der Waals surface area contributed by atoms with Crippen LogP contribution in [0.25, 0.3) is 0 Å². The maximum atomic E-state index is 11.1. The molecule has 0 amide bonds. The largest absolute Gasteiger partial charge is 0.444 e. The second-order valence-electron chi connectivity index (χ2n) is 3.00. The van der Waals surface area contributed by atoms with E-state index in [1.165, 1.54) is 6.07 Å². The van der Waals surface area contributed by atoms with Gasteiger partial charge in [-0.2, -0.15) is 0 Å². The lowest BCUT2D eigenvalue weighted by Crippen LogP contribution is -1.97. The van der Waals surface area contributed by atoms with Crippen molar-refractivity contribution < 1.29 is 22.3 Å². The van der Waals surface area contributed by atoms with Crippen LogP contribution in [0.15, 0.2) is 21.6 Å². The van der Waals surface area contributed by atoms with Crippen molar-refractivity contribution in [3.63, 3.8) is 0 Å². The smallest absolute Gasteiger partial charge is 0.218 e. The fourth-order valence-corrected chi connectivity index (χ4v) is 1.75. The minimum Gasteiger partial charge on any atom is -0.444 e. The van der Waals surface area contributed by atoms with Crippen LogP contribution in [0.1, 0.15) is 12.1 Å². The summed E-state index contributed by atoms with van der Waals surface area (Å²) in [7, 11) is -3.29. The highest BCUT2D eigenvalue weighted by Crippen LogP contribution is 2.26. The Morgan fingerprint density at radius 2 is 1.93 bits per heavy atom. The minimum atomic E-state index is -3.29. The molecule has 0 bridgehead atoms. The first-order chi connectivity index (χ1) is 6.57. The van der Waals surface area contributed by atoms with Gasteiger partial charge in [0.25, 0.3) is 0 Å². The van der Waals surface area contributed by atoms with E-state index >= 15 is 0 Å². The van der Waals surface area contributed by atoms with Gasteiger partial charge in [0.2, 0.25) is 21.2 Å². The maximum Gasteiger partial charge on any atom is 0.218 e. The minimum absolute atomic E-state index is 0.0633. The van der Waals surface area contributed by atoms with Crippen molar-refractivity contribution in [3.05, 3.63) is 17.9 Å². The van der Waals surface area contributed by atoms with Gasteiger partial charge in [0.15, 0.2) is 5.76 Å². The number of ether oxygens (including phenoxy) is 2. The monoisotopic (exact) mass is 218 g/mol. The molecule has 0 aromatic carbocycles. The molecule has 0 radical (unpaired) electrons. The lowest BCUT2D eigenvalue weighted by molar-refractivity contribution is -0.0607. The molecule has 0 atom stereocenters. The van der Waals surface area contributed by atoms with Crippen molar-refractivity contribution in [1.82, 2.24) is 0 Å². The van der Waals surface area contributed by atoms with Crippen LogP contribution < -0.4 is 0 Å². The molecule has 5 nitrogen and oxygen atoms in total. The third-order valence-electron chi connectivity index (χ3n) is 1.82. The van der Waals surface area contributed by atoms with E-state index in [1.807, 2.05) is 0 Å². The number of hydrogen-bond acceptors (Lipinski definition) is 5. The molecular formula is C8H10O5S. The average molecular weight is 218 g/mol. The first kappa shape index (κ1) is 9.70. The lowest BCUT2D eigenvalue weighted by atomic mass is 10.4. The molecule has 2 heterocycles. The summed E-state index contributed by atoms with van der Waals surface area (Å²) in [5.74, 6) is 0.392. The van der Waals surface area contributed by atoms with Crippen LogP contribution in [-0.4, -0.2) is 27.9 Å². The molecule has 0 spiro atoms. The summed E-state index contributed by atoms with van der Waals surface area (Å²) in [6, 6.07) is 2.95. The fraction of sp³-hybridized carbons (Fsp3) is 0.500. The Morgan fingerprint density at radius 3 is 2.43 bits per heavy atom. The number of sulfone groups is 1. The Kier molecular flexibility index (Phi) is 2.34. The number of furan rings is 1. The molecule has 1 aliphatic rings. The lowest BCUT2D eigenvalue weighted by Gasteiger charge is -2.03. The van der Waals surface area contributed by atoms with Crippen molar-refractivity contribution in [2.24, 2.45) is 0 Å². The van der Waals surface area contributed by atoms with E-state index in [1.54, 1.807) is 6.07 Å². The average Bonchev–Trinajstić information content (AvgIpc) is 2.73. The van der Waals surface area contributed by atoms with Gasteiger partial charge in [-0.1, -0.05) is 0 Å². The Hall–Kier alpha value is -0.850. The van der Waals surface area contributed by atoms with Gasteiger partial charge in [0, 0.05) is 6.26 Å². The Labute approximate surface area is 81.5 Å². The molecule has 1 aromatic heterocycles. The van der Waals surface area contributed by atoms with E-state index in [2.05, 4.69) is 0 Å². The molecule has 6 heteroatoms. The molecular weight excluding hydrogens is 208 g/mol. The molecule has 2 rings (SSSR count). The normalized spacial score (nSPS) is 18.9. The standard InChI is InChI=1S/C8H10O5S/c1-14(9,10)7-3-2-6(13-7)8-11-4-5-12-8/h2-3,8H,4-5H2,1H3. The van der Waals surface area contributed by atoms with Crippen molar-refractivity contribution >= 4 is 9.84 Å². The zero-order chi connectivity index (χ0) is 10.2. The second kappa shape index (κ2) is 3.38. The summed E-state index contributed by atoms with van der Waals surface area (Å²) in [4.78, 5) is 0. The molecule has 78 valence electrons. The van der Waals surface area contributed by atoms with Crippen LogP contribution in [0.2, 0.25) is 0 Å². The zero-order valence-electron chi connectivity index (χ0n) is 7.60. The van der Waals surface area contributed by atoms with E-state index in [-0.39, 0.29) is 5.09 Å². The topological polar surface area (TPSA) is 65.7 Å². The number of rotatable bonds is 2. The van der Waals surface area contributed by atoms with E-state index in [4.69, 9.17) is 13.9 Å². The highest BCUT2D eigenvalue weighted by atomic mass is 32.2. The van der Waals surface area contributed by atoms with Crippen LogP contribution in [0.5, 0.6) is 0 Å². The Bertz CT molecular complexity index is 413. The summed E-state index contributed by atoms with van der Waals surface area (Å²) in [5, 5.41) is -0.0633. The Morgan fingerprint density at radius 1 is 1.29 bits per heavy atom. The van der Waals surface area contributed by atoms with E-state index < -0.39 is 16.1 Å². The van der Waals surface area contributed by atoms with Gasteiger partial charge < -0.3 is 13.9 Å². The highest BCUT2D eigenvalue weighted by Gasteiger charge is 2.23. The molecule has 1 aliphatic heterocycles. The maximum absolute atomic E-state index is 11.1. The zero-order valence-corrected chi connectivity index (χ0v) is 8.41. The van der Waals surface area contributed by atoms with E-state index in [9.17, 15) is 8.42 Å². The highest BCUT2D eigenvalue weighted by molar-refractivity contribution is 7.90. The van der Waals surface area contributed by atoms with Crippen molar-refractivity contribution in [1.29, 1.82) is 0 Å². The van der Waals surface area contributed by atoms with Gasteiger partial charge in [-0.3, -0.25) is 0 Å². The van der Waals surface area contributed by atoms with Crippen molar-refractivity contribution in [2.45, 2.75) is 11.4 Å². The molecule has 1 aromatic rings. The van der Waals surface area contributed by atoms with Crippen molar-refractivity contribution in [3.8, 4) is 0 Å². The van der Waals surface area contributed by atoms with Gasteiger partial charge in [0.1, 0.15) is 0 Å². The van der Waals surface area contributed by atoms with Gasteiger partial charge in [-0.05, 0) is 12.1 Å². The van der Waals surface area contributed by atoms with Gasteiger partial charge in [0.05, 0.1) is 13.2 Å². The van der Waals surface area contributed by atoms with Crippen LogP contribution >= 0.6 is 0 Å². The fourth-order valence-electron chi connectivity index (χ4n) is 1.18. The molecule has 1 saturated heterocycles. The van der Waals surface area contributed by atoms with Crippen molar-refractivity contribution in [2.75, 3.05) is 19.5 Å². The summed E-state index contributed by atoms with van der Waals surface area (Å²) < 4.78 is 37.6. The van der Waals surface area contributed by atoms with Gasteiger partial charge in [-0.15, -0.1) is 0 Å². The quantitative estimate of drug-likeness (QED) is 0.732. The van der Waals surface area contributed by atoms with E-state index in [0.717, 1.165) is 6.26 Å². The second-order valence-corrected chi connectivity index (χ2v) is 4.95. The summed E-state index contributed by atoms with van der Waals surface area (Å²) in [5.41, 5.74) is 0. The third kappa shape index (κ3) is 1.82. The molecule has 0 unspecified atom stereocenters. The predicted molar refractivity (Wildman–Crippen MR) is 46.5 cm³/mol. The molecule has 0 saturated carbocycles. The Balaban J connectivity index is 2.25. The first-order valence-electron chi connectivity index (χ1n) is 4.10. The van der Waals surface area contributed by atoms with Gasteiger partial charge in [-0.25, -0.2) is 8.42 Å². The molecule has 0 aliphatic carbocycles. The SMILES string of the molecule is CS(=O)(=O)c1ccc(C2OCCO2)o1. The first-order valence-corrected chi connectivity index (χ1v) is 5.99. The third-order valence-corrected chi connectivity index (χ3v) is 2.77. The molecule has 0 N–H and O–H groups in total. The van der Waals surface area contributed by atoms with Crippen LogP contribution in [-0.2, 0) is 19.3 Å². The van der Waals surface area contributed by atoms with Crippen LogP contribution in [0, 0.1) is 0 Å². The summed E-state index contributed by atoms with van der Waals surface area (Å²) in [6.07, 6.45) is 0.525. The van der Waals surface area contributed by atoms with Crippen LogP contribution in [0.3, 0.4) is 0 Å². The van der Waals surface area contributed by atoms with E-state index in [0.29, 0.717) is 19.0 Å². The van der Waals surface area contributed by atoms with Gasteiger partial charge >= 0.3 is 0 Å².